The molecule has 0 amide bonds. The van der Waals surface area contributed by atoms with Crippen molar-refractivity contribution in [3.05, 3.63) is 50.6 Å². The lowest BCUT2D eigenvalue weighted by Gasteiger charge is -2.20. The van der Waals surface area contributed by atoms with Crippen LogP contribution in [0, 0.1) is 0 Å². The highest BCUT2D eigenvalue weighted by molar-refractivity contribution is 9.10. The van der Waals surface area contributed by atoms with Crippen molar-refractivity contribution < 1.29 is 13.2 Å². The fourth-order valence-electron chi connectivity index (χ4n) is 2.06. The lowest BCUT2D eigenvalue weighted by Crippen LogP contribution is -2.10. The molecule has 1 aromatic carbocycles. The van der Waals surface area contributed by atoms with Crippen LogP contribution >= 0.6 is 27.3 Å². The number of alkyl halides is 3. The second-order valence-electron chi connectivity index (χ2n) is 4.69. The molecule has 1 N–H and O–H groups in total. The summed E-state index contributed by atoms with van der Waals surface area (Å²) in [5, 5.41) is 5.33. The summed E-state index contributed by atoms with van der Waals surface area (Å²) >= 11 is 4.87. The molecule has 0 bridgehead atoms. The Hall–Kier alpha value is -1.01. The second kappa shape index (κ2) is 6.83. The molecule has 0 radical (unpaired) electrons. The van der Waals surface area contributed by atoms with Crippen molar-refractivity contribution in [2.24, 2.45) is 0 Å². The summed E-state index contributed by atoms with van der Waals surface area (Å²) in [4.78, 5) is 1.18. The molecule has 6 heteroatoms. The second-order valence-corrected chi connectivity index (χ2v) is 6.53. The molecule has 0 spiro atoms. The van der Waals surface area contributed by atoms with Crippen molar-refractivity contribution in [1.82, 2.24) is 0 Å². The molecule has 0 saturated heterocycles. The summed E-state index contributed by atoms with van der Waals surface area (Å²) in [6, 6.07) is 7.82. The molecule has 0 saturated carbocycles. The maximum atomic E-state index is 12.7. The van der Waals surface area contributed by atoms with Crippen LogP contribution in [0.4, 0.5) is 18.9 Å². The average Bonchev–Trinajstić information content (AvgIpc) is 2.93. The molecule has 1 atom stereocenters. The van der Waals surface area contributed by atoms with Crippen molar-refractivity contribution in [2.45, 2.75) is 32.0 Å². The first-order valence-electron chi connectivity index (χ1n) is 6.58. The number of hydrogen-bond donors (Lipinski definition) is 1. The number of anilines is 1. The molecule has 1 aromatic heterocycles. The van der Waals surface area contributed by atoms with E-state index in [0.717, 1.165) is 25.0 Å². The van der Waals surface area contributed by atoms with E-state index in [1.54, 1.807) is 11.3 Å². The molecule has 2 rings (SSSR count). The normalized spacial score (nSPS) is 13.2. The van der Waals surface area contributed by atoms with E-state index >= 15 is 0 Å². The first-order valence-corrected chi connectivity index (χ1v) is 8.25. The van der Waals surface area contributed by atoms with Crippen LogP contribution in [0.15, 0.2) is 40.2 Å². The maximum absolute atomic E-state index is 12.7. The molecule has 2 aromatic rings. The van der Waals surface area contributed by atoms with Crippen molar-refractivity contribution in [2.75, 3.05) is 5.32 Å². The highest BCUT2D eigenvalue weighted by Crippen LogP contribution is 2.36. The Morgan fingerprint density at radius 3 is 2.57 bits per heavy atom. The van der Waals surface area contributed by atoms with Gasteiger partial charge in [-0.1, -0.05) is 19.4 Å². The summed E-state index contributed by atoms with van der Waals surface area (Å²) in [7, 11) is 0. The topological polar surface area (TPSA) is 12.0 Å². The predicted octanol–water partition coefficient (Wildman–Crippen LogP) is 6.48. The minimum Gasteiger partial charge on any atom is -0.377 e. The van der Waals surface area contributed by atoms with E-state index in [2.05, 4.69) is 28.2 Å². The summed E-state index contributed by atoms with van der Waals surface area (Å²) in [6.07, 6.45) is -2.40. The van der Waals surface area contributed by atoms with Crippen LogP contribution in [-0.4, -0.2) is 0 Å². The Bertz CT molecular complexity index is 581. The van der Waals surface area contributed by atoms with Gasteiger partial charge >= 0.3 is 6.18 Å². The molecule has 21 heavy (non-hydrogen) atoms. The minimum absolute atomic E-state index is 0.114. The summed E-state index contributed by atoms with van der Waals surface area (Å²) in [6.45, 7) is 2.09. The first kappa shape index (κ1) is 16.4. The smallest absolute Gasteiger partial charge is 0.377 e. The Kier molecular flexibility index (Phi) is 5.32. The third kappa shape index (κ3) is 4.23. The maximum Gasteiger partial charge on any atom is 0.416 e. The Balaban J connectivity index is 2.21. The van der Waals surface area contributed by atoms with E-state index in [9.17, 15) is 13.2 Å². The van der Waals surface area contributed by atoms with Gasteiger partial charge in [-0.2, -0.15) is 13.2 Å². The number of thiophene rings is 1. The van der Waals surface area contributed by atoms with Gasteiger partial charge in [0.25, 0.3) is 0 Å². The van der Waals surface area contributed by atoms with Gasteiger partial charge in [0.15, 0.2) is 0 Å². The minimum atomic E-state index is -4.32. The molecular formula is C15H15BrF3NS. The average molecular weight is 378 g/mol. The van der Waals surface area contributed by atoms with Gasteiger partial charge in [-0.25, -0.2) is 0 Å². The molecule has 0 aliphatic carbocycles. The molecule has 1 unspecified atom stereocenters. The van der Waals surface area contributed by atoms with Crippen LogP contribution in [0.3, 0.4) is 0 Å². The fraction of sp³-hybridized carbons (Fsp3) is 0.333. The van der Waals surface area contributed by atoms with E-state index in [-0.39, 0.29) is 6.04 Å². The van der Waals surface area contributed by atoms with E-state index in [0.29, 0.717) is 10.2 Å². The number of rotatable bonds is 5. The van der Waals surface area contributed by atoms with E-state index in [4.69, 9.17) is 0 Å². The van der Waals surface area contributed by atoms with Gasteiger partial charge in [0, 0.05) is 15.0 Å². The van der Waals surface area contributed by atoms with Crippen molar-refractivity contribution in [3.63, 3.8) is 0 Å². The van der Waals surface area contributed by atoms with Gasteiger partial charge in [0.2, 0.25) is 0 Å². The number of benzene rings is 1. The highest BCUT2D eigenvalue weighted by Gasteiger charge is 2.31. The lowest BCUT2D eigenvalue weighted by molar-refractivity contribution is -0.137. The molecule has 1 heterocycles. The molecule has 1 nitrogen and oxygen atoms in total. The lowest BCUT2D eigenvalue weighted by atomic mass is 10.1. The summed E-state index contributed by atoms with van der Waals surface area (Å²) in [5.74, 6) is 0. The molecule has 114 valence electrons. The SMILES string of the molecule is CCCC(Nc1ccc(C(F)(F)F)cc1Br)c1cccs1. The molecular weight excluding hydrogens is 363 g/mol. The highest BCUT2D eigenvalue weighted by atomic mass is 79.9. The van der Waals surface area contributed by atoms with E-state index < -0.39 is 11.7 Å². The predicted molar refractivity (Wildman–Crippen MR) is 84.7 cm³/mol. The zero-order valence-corrected chi connectivity index (χ0v) is 13.8. The van der Waals surface area contributed by atoms with Crippen LogP contribution < -0.4 is 5.32 Å². The van der Waals surface area contributed by atoms with Gasteiger partial charge in [0.05, 0.1) is 11.6 Å². The van der Waals surface area contributed by atoms with E-state index in [1.807, 2.05) is 17.5 Å². The van der Waals surface area contributed by atoms with E-state index in [1.165, 1.54) is 10.9 Å². The number of hydrogen-bond acceptors (Lipinski definition) is 2. The molecule has 0 fully saturated rings. The van der Waals surface area contributed by atoms with Crippen LogP contribution in [0.5, 0.6) is 0 Å². The third-order valence-corrected chi connectivity index (χ3v) is 4.73. The molecule has 0 aliphatic rings. The third-order valence-electron chi connectivity index (χ3n) is 3.09. The zero-order chi connectivity index (χ0) is 15.5. The summed E-state index contributed by atoms with van der Waals surface area (Å²) in [5.41, 5.74) is 0.0259. The van der Waals surface area contributed by atoms with Crippen LogP contribution in [-0.2, 0) is 6.18 Å². The van der Waals surface area contributed by atoms with Gasteiger partial charge in [-0.15, -0.1) is 11.3 Å². The van der Waals surface area contributed by atoms with Crippen LogP contribution in [0.2, 0.25) is 0 Å². The molecule has 0 aliphatic heterocycles. The Morgan fingerprint density at radius 2 is 2.05 bits per heavy atom. The zero-order valence-electron chi connectivity index (χ0n) is 11.4. The summed E-state index contributed by atoms with van der Waals surface area (Å²) < 4.78 is 38.4. The van der Waals surface area contributed by atoms with Crippen molar-refractivity contribution >= 4 is 33.0 Å². The van der Waals surface area contributed by atoms with Crippen molar-refractivity contribution in [3.8, 4) is 0 Å². The largest absolute Gasteiger partial charge is 0.416 e. The monoisotopic (exact) mass is 377 g/mol. The van der Waals surface area contributed by atoms with Gasteiger partial charge in [-0.05, 0) is 52.0 Å². The fourth-order valence-corrected chi connectivity index (χ4v) is 3.37. The number of halogens is 4. The van der Waals surface area contributed by atoms with Crippen LogP contribution in [0.25, 0.3) is 0 Å². The number of nitrogens with one attached hydrogen (secondary N) is 1. The quantitative estimate of drug-likeness (QED) is 0.628. The van der Waals surface area contributed by atoms with Gasteiger partial charge < -0.3 is 5.32 Å². The first-order chi connectivity index (χ1) is 9.91. The standard InChI is InChI=1S/C15H15BrF3NS/c1-2-4-13(14-5-3-8-21-14)20-12-7-6-10(9-11(12)16)15(17,18)19/h3,5-9,13,20H,2,4H2,1H3. The van der Waals surface area contributed by atoms with Gasteiger partial charge in [0.1, 0.15) is 0 Å². The van der Waals surface area contributed by atoms with Crippen molar-refractivity contribution in [1.29, 1.82) is 0 Å². The van der Waals surface area contributed by atoms with Crippen LogP contribution in [0.1, 0.15) is 36.2 Å². The Labute approximate surface area is 134 Å². The van der Waals surface area contributed by atoms with Gasteiger partial charge in [-0.3, -0.25) is 0 Å². The Morgan fingerprint density at radius 1 is 1.29 bits per heavy atom.